The summed E-state index contributed by atoms with van der Waals surface area (Å²) in [6.45, 7) is 5.51. The molecule has 180 valence electrons. The maximum Gasteiger partial charge on any atom is 0.435 e. The fourth-order valence-electron chi connectivity index (χ4n) is 3.38. The second-order valence-electron chi connectivity index (χ2n) is 7.97. The van der Waals surface area contributed by atoms with Crippen molar-refractivity contribution in [1.82, 2.24) is 20.1 Å². The molecule has 0 bridgehead atoms. The Morgan fingerprint density at radius 2 is 1.85 bits per heavy atom. The number of pyridine rings is 1. The molecule has 0 aliphatic heterocycles. The number of aryl methyl sites for hydroxylation is 1. The van der Waals surface area contributed by atoms with Crippen LogP contribution in [-0.2, 0) is 28.6 Å². The molecule has 2 aromatic heterocycles. The van der Waals surface area contributed by atoms with Crippen molar-refractivity contribution < 1.29 is 22.8 Å². The number of anilines is 1. The van der Waals surface area contributed by atoms with Crippen molar-refractivity contribution in [3.63, 3.8) is 0 Å². The van der Waals surface area contributed by atoms with Crippen LogP contribution in [0, 0.1) is 6.92 Å². The lowest BCUT2D eigenvalue weighted by Gasteiger charge is -2.14. The molecular formula is C23H23ClF3N5O2. The third kappa shape index (κ3) is 6.13. The minimum absolute atomic E-state index is 0.0372. The molecular weight excluding hydrogens is 471 g/mol. The summed E-state index contributed by atoms with van der Waals surface area (Å²) in [5, 5.41) is 8.89. The molecule has 0 radical (unpaired) electrons. The lowest BCUT2D eigenvalue weighted by molar-refractivity contribution is -0.141. The van der Waals surface area contributed by atoms with E-state index in [9.17, 15) is 22.8 Å². The normalized spacial score (nSPS) is 11.5. The van der Waals surface area contributed by atoms with Gasteiger partial charge in [-0.15, -0.1) is 0 Å². The predicted octanol–water partition coefficient (Wildman–Crippen LogP) is 4.50. The van der Waals surface area contributed by atoms with Gasteiger partial charge in [0.15, 0.2) is 11.5 Å². The number of hydrogen-bond donors (Lipinski definition) is 2. The summed E-state index contributed by atoms with van der Waals surface area (Å²) in [6, 6.07) is 8.94. The Balaban J connectivity index is 1.89. The number of benzene rings is 1. The second kappa shape index (κ2) is 10.3. The van der Waals surface area contributed by atoms with Gasteiger partial charge in [0.25, 0.3) is 0 Å². The first-order valence-corrected chi connectivity index (χ1v) is 10.8. The number of hydrogen-bond acceptors (Lipinski definition) is 4. The Bertz CT molecular complexity index is 1210. The number of carbonyl (C=O) groups is 2. The highest BCUT2D eigenvalue weighted by molar-refractivity contribution is 6.32. The SMILES string of the molecule is Cc1cccc(CC(=O)Nc2cc(C(F)(F)F)nn2-c2ncccc2Cl)c1CC(=O)NC(C)C. The van der Waals surface area contributed by atoms with Gasteiger partial charge < -0.3 is 10.6 Å². The monoisotopic (exact) mass is 493 g/mol. The number of halogens is 4. The van der Waals surface area contributed by atoms with Crippen LogP contribution in [-0.4, -0.2) is 32.6 Å². The predicted molar refractivity (Wildman–Crippen MR) is 122 cm³/mol. The lowest BCUT2D eigenvalue weighted by atomic mass is 9.96. The Morgan fingerprint density at radius 3 is 2.50 bits per heavy atom. The minimum Gasteiger partial charge on any atom is -0.354 e. The number of nitrogens with zero attached hydrogens (tertiary/aromatic N) is 3. The van der Waals surface area contributed by atoms with E-state index >= 15 is 0 Å². The summed E-state index contributed by atoms with van der Waals surface area (Å²) < 4.78 is 40.8. The molecule has 0 fully saturated rings. The van der Waals surface area contributed by atoms with Crippen molar-refractivity contribution in [3.05, 3.63) is 70.0 Å². The van der Waals surface area contributed by atoms with Crippen LogP contribution >= 0.6 is 11.6 Å². The molecule has 0 atom stereocenters. The molecule has 0 aliphatic carbocycles. The van der Waals surface area contributed by atoms with Crippen LogP contribution in [0.15, 0.2) is 42.6 Å². The number of carbonyl (C=O) groups excluding carboxylic acids is 2. The summed E-state index contributed by atoms with van der Waals surface area (Å²) in [5.41, 5.74) is 0.905. The topological polar surface area (TPSA) is 88.9 Å². The van der Waals surface area contributed by atoms with Gasteiger partial charge in [0.1, 0.15) is 5.82 Å². The van der Waals surface area contributed by atoms with Gasteiger partial charge in [0, 0.05) is 18.3 Å². The molecule has 3 rings (SSSR count). The fraction of sp³-hybridized carbons (Fsp3) is 0.304. The Hall–Kier alpha value is -3.40. The van der Waals surface area contributed by atoms with Crippen LogP contribution in [0.3, 0.4) is 0 Å². The van der Waals surface area contributed by atoms with Crippen LogP contribution in [0.2, 0.25) is 5.02 Å². The van der Waals surface area contributed by atoms with E-state index in [2.05, 4.69) is 20.7 Å². The van der Waals surface area contributed by atoms with Crippen molar-refractivity contribution in [2.45, 2.75) is 45.8 Å². The second-order valence-corrected chi connectivity index (χ2v) is 8.38. The van der Waals surface area contributed by atoms with Gasteiger partial charge in [-0.1, -0.05) is 29.8 Å². The van der Waals surface area contributed by atoms with Gasteiger partial charge in [-0.25, -0.2) is 4.98 Å². The van der Waals surface area contributed by atoms with Gasteiger partial charge in [0.2, 0.25) is 11.8 Å². The van der Waals surface area contributed by atoms with E-state index in [1.807, 2.05) is 26.8 Å². The number of amides is 2. The lowest BCUT2D eigenvalue weighted by Crippen LogP contribution is -2.32. The fourth-order valence-corrected chi connectivity index (χ4v) is 3.58. The van der Waals surface area contributed by atoms with Gasteiger partial charge in [-0.2, -0.15) is 23.0 Å². The molecule has 7 nitrogen and oxygen atoms in total. The van der Waals surface area contributed by atoms with E-state index < -0.39 is 17.8 Å². The first kappa shape index (κ1) is 25.2. The standard InChI is InChI=1S/C23H23ClF3N5O2/c1-13(2)29-21(34)11-16-14(3)6-4-7-15(16)10-20(33)30-19-12-18(23(25,26)27)31-32(19)22-17(24)8-5-9-28-22/h4-9,12-13H,10-11H2,1-3H3,(H,29,34)(H,30,33). The van der Waals surface area contributed by atoms with Gasteiger partial charge in [-0.05, 0) is 49.6 Å². The number of rotatable bonds is 7. The number of nitrogens with one attached hydrogen (secondary N) is 2. The van der Waals surface area contributed by atoms with Crippen LogP contribution in [0.25, 0.3) is 5.82 Å². The average molecular weight is 494 g/mol. The largest absolute Gasteiger partial charge is 0.435 e. The van der Waals surface area contributed by atoms with Crippen LogP contribution in [0.5, 0.6) is 0 Å². The molecule has 0 spiro atoms. The van der Waals surface area contributed by atoms with Crippen molar-refractivity contribution in [2.24, 2.45) is 0 Å². The van der Waals surface area contributed by atoms with Gasteiger partial charge in [0.05, 0.1) is 17.9 Å². The van der Waals surface area contributed by atoms with Crippen LogP contribution in [0.1, 0.15) is 36.2 Å². The number of alkyl halides is 3. The first-order valence-electron chi connectivity index (χ1n) is 10.4. The number of aromatic nitrogens is 3. The molecule has 2 amide bonds. The quantitative estimate of drug-likeness (QED) is 0.507. The zero-order chi connectivity index (χ0) is 25.0. The molecule has 2 heterocycles. The Labute approximate surface area is 199 Å². The summed E-state index contributed by atoms with van der Waals surface area (Å²) in [5.74, 6) is -1.07. The van der Waals surface area contributed by atoms with E-state index in [0.717, 1.165) is 16.3 Å². The van der Waals surface area contributed by atoms with Crippen molar-refractivity contribution in [2.75, 3.05) is 5.32 Å². The molecule has 0 saturated carbocycles. The Morgan fingerprint density at radius 1 is 1.12 bits per heavy atom. The van der Waals surface area contributed by atoms with Crippen LogP contribution < -0.4 is 10.6 Å². The molecule has 1 aromatic carbocycles. The third-order valence-corrected chi connectivity index (χ3v) is 5.15. The smallest absolute Gasteiger partial charge is 0.354 e. The van der Waals surface area contributed by atoms with E-state index in [1.54, 1.807) is 12.1 Å². The summed E-state index contributed by atoms with van der Waals surface area (Å²) >= 11 is 6.09. The summed E-state index contributed by atoms with van der Waals surface area (Å²) in [7, 11) is 0. The van der Waals surface area contributed by atoms with E-state index in [1.165, 1.54) is 18.3 Å². The van der Waals surface area contributed by atoms with Crippen LogP contribution in [0.4, 0.5) is 19.0 Å². The zero-order valence-electron chi connectivity index (χ0n) is 18.7. The highest BCUT2D eigenvalue weighted by atomic mass is 35.5. The Kier molecular flexibility index (Phi) is 7.61. The van der Waals surface area contributed by atoms with Crippen molar-refractivity contribution in [1.29, 1.82) is 0 Å². The molecule has 0 unspecified atom stereocenters. The molecule has 2 N–H and O–H groups in total. The highest BCUT2D eigenvalue weighted by Crippen LogP contribution is 2.32. The first-order chi connectivity index (χ1) is 16.0. The molecule has 0 aliphatic rings. The molecule has 11 heteroatoms. The van der Waals surface area contributed by atoms with E-state index in [0.29, 0.717) is 11.1 Å². The van der Waals surface area contributed by atoms with Crippen molar-refractivity contribution in [3.8, 4) is 5.82 Å². The minimum atomic E-state index is -4.74. The van der Waals surface area contributed by atoms with Gasteiger partial charge in [-0.3, -0.25) is 9.59 Å². The maximum atomic E-state index is 13.3. The maximum absolute atomic E-state index is 13.3. The summed E-state index contributed by atoms with van der Waals surface area (Å²) in [4.78, 5) is 29.1. The molecule has 3 aromatic rings. The van der Waals surface area contributed by atoms with Gasteiger partial charge >= 0.3 is 6.18 Å². The average Bonchev–Trinajstić information content (AvgIpc) is 3.14. The van der Waals surface area contributed by atoms with E-state index in [4.69, 9.17) is 11.6 Å². The molecule has 34 heavy (non-hydrogen) atoms. The highest BCUT2D eigenvalue weighted by Gasteiger charge is 2.35. The van der Waals surface area contributed by atoms with E-state index in [-0.39, 0.29) is 41.4 Å². The van der Waals surface area contributed by atoms with Crippen molar-refractivity contribution >= 4 is 29.2 Å². The summed E-state index contributed by atoms with van der Waals surface area (Å²) in [6.07, 6.45) is -3.47. The zero-order valence-corrected chi connectivity index (χ0v) is 19.5. The molecule has 0 saturated heterocycles. The third-order valence-electron chi connectivity index (χ3n) is 4.85.